The van der Waals surface area contributed by atoms with E-state index in [2.05, 4.69) is 10.6 Å². The van der Waals surface area contributed by atoms with Crippen LogP contribution in [0.25, 0.3) is 0 Å². The molecule has 1 atom stereocenters. The van der Waals surface area contributed by atoms with E-state index in [1.165, 1.54) is 12.1 Å². The number of hydrogen-bond donors (Lipinski definition) is 2. The van der Waals surface area contributed by atoms with Crippen LogP contribution < -0.4 is 15.4 Å². The maximum Gasteiger partial charge on any atom is 0.251 e. The molecule has 2 aromatic rings. The molecule has 6 heteroatoms. The Balaban J connectivity index is 0.00000312. The molecule has 0 unspecified atom stereocenters. The van der Waals surface area contributed by atoms with Crippen LogP contribution in [0.5, 0.6) is 5.75 Å². The molecule has 0 aliphatic rings. The lowest BCUT2D eigenvalue weighted by atomic mass is 10.1. The van der Waals surface area contributed by atoms with E-state index in [9.17, 15) is 9.18 Å². The molecule has 2 N–H and O–H groups in total. The number of rotatable bonds is 8. The second kappa shape index (κ2) is 10.7. The van der Waals surface area contributed by atoms with Gasteiger partial charge in [0.2, 0.25) is 0 Å². The first-order valence-electron chi connectivity index (χ1n) is 8.07. The van der Waals surface area contributed by atoms with E-state index in [4.69, 9.17) is 4.74 Å². The number of nitrogens with one attached hydrogen (secondary N) is 2. The van der Waals surface area contributed by atoms with E-state index in [0.717, 1.165) is 12.1 Å². The van der Waals surface area contributed by atoms with Crippen LogP contribution in [-0.4, -0.2) is 25.0 Å². The van der Waals surface area contributed by atoms with E-state index >= 15 is 0 Å². The highest BCUT2D eigenvalue weighted by Gasteiger charge is 2.08. The zero-order chi connectivity index (χ0) is 17.4. The van der Waals surface area contributed by atoms with Gasteiger partial charge in [-0.3, -0.25) is 4.79 Å². The minimum Gasteiger partial charge on any atom is -0.489 e. The Kier molecular flexibility index (Phi) is 8.95. The maximum atomic E-state index is 13.1. The fraction of sp³-hybridized carbons (Fsp3) is 0.316. The van der Waals surface area contributed by atoms with Gasteiger partial charge in [0.25, 0.3) is 5.91 Å². The standard InChI is InChI=1S/C19H23FN2O2.ClH/c1-3-21-14(2)12-22-19(23)16-7-4-6-15(10-16)13-24-18-9-5-8-17(20)11-18;/h4-11,14,21H,3,12-13H2,1-2H3,(H,22,23);1H/t14-;/m1./s1. The number of carbonyl (C=O) groups is 1. The van der Waals surface area contributed by atoms with Crippen molar-refractivity contribution in [2.24, 2.45) is 0 Å². The molecule has 0 bridgehead atoms. The third-order valence-electron chi connectivity index (χ3n) is 3.51. The number of benzene rings is 2. The van der Waals surface area contributed by atoms with Crippen LogP contribution in [0, 0.1) is 5.82 Å². The quantitative estimate of drug-likeness (QED) is 0.751. The number of hydrogen-bond acceptors (Lipinski definition) is 3. The molecule has 0 aliphatic carbocycles. The summed E-state index contributed by atoms with van der Waals surface area (Å²) < 4.78 is 18.7. The first-order chi connectivity index (χ1) is 11.6. The molecule has 4 nitrogen and oxygen atoms in total. The van der Waals surface area contributed by atoms with Crippen molar-refractivity contribution in [2.75, 3.05) is 13.1 Å². The summed E-state index contributed by atoms with van der Waals surface area (Å²) in [5, 5.41) is 6.14. The van der Waals surface area contributed by atoms with Crippen molar-refractivity contribution in [1.82, 2.24) is 10.6 Å². The second-order valence-corrected chi connectivity index (χ2v) is 5.62. The molecule has 0 saturated carbocycles. The highest BCUT2D eigenvalue weighted by Crippen LogP contribution is 2.15. The van der Waals surface area contributed by atoms with Gasteiger partial charge in [0.1, 0.15) is 18.2 Å². The molecule has 0 heterocycles. The monoisotopic (exact) mass is 366 g/mol. The third kappa shape index (κ3) is 7.11. The fourth-order valence-corrected chi connectivity index (χ4v) is 2.29. The van der Waals surface area contributed by atoms with Crippen LogP contribution in [-0.2, 0) is 6.61 Å². The molecule has 1 amide bonds. The summed E-state index contributed by atoms with van der Waals surface area (Å²) in [4.78, 5) is 12.2. The second-order valence-electron chi connectivity index (χ2n) is 5.62. The lowest BCUT2D eigenvalue weighted by Crippen LogP contribution is -2.38. The van der Waals surface area contributed by atoms with Gasteiger partial charge in [-0.05, 0) is 43.3 Å². The van der Waals surface area contributed by atoms with E-state index in [1.807, 2.05) is 26.0 Å². The summed E-state index contributed by atoms with van der Waals surface area (Å²) in [6, 6.07) is 13.4. The van der Waals surface area contributed by atoms with Gasteiger partial charge in [-0.2, -0.15) is 0 Å². The Morgan fingerprint density at radius 2 is 1.96 bits per heavy atom. The molecule has 2 rings (SSSR count). The minimum atomic E-state index is -0.338. The Hall–Kier alpha value is -2.11. The van der Waals surface area contributed by atoms with Crippen molar-refractivity contribution < 1.29 is 13.9 Å². The van der Waals surface area contributed by atoms with Crippen molar-refractivity contribution >= 4 is 18.3 Å². The zero-order valence-electron chi connectivity index (χ0n) is 14.4. The zero-order valence-corrected chi connectivity index (χ0v) is 15.2. The number of amides is 1. The van der Waals surface area contributed by atoms with Crippen LogP contribution in [0.1, 0.15) is 29.8 Å². The van der Waals surface area contributed by atoms with Gasteiger partial charge >= 0.3 is 0 Å². The molecule has 136 valence electrons. The topological polar surface area (TPSA) is 50.4 Å². The van der Waals surface area contributed by atoms with Crippen LogP contribution in [0.15, 0.2) is 48.5 Å². The molecule has 0 aromatic heterocycles. The van der Waals surface area contributed by atoms with Crippen molar-refractivity contribution in [2.45, 2.75) is 26.5 Å². The Morgan fingerprint density at radius 3 is 2.68 bits per heavy atom. The lowest BCUT2D eigenvalue weighted by Gasteiger charge is -2.13. The van der Waals surface area contributed by atoms with E-state index in [0.29, 0.717) is 17.9 Å². The fourth-order valence-electron chi connectivity index (χ4n) is 2.29. The van der Waals surface area contributed by atoms with Crippen molar-refractivity contribution in [3.8, 4) is 5.75 Å². The Morgan fingerprint density at radius 1 is 1.20 bits per heavy atom. The smallest absolute Gasteiger partial charge is 0.251 e. The highest BCUT2D eigenvalue weighted by atomic mass is 35.5. The summed E-state index contributed by atoms with van der Waals surface area (Å²) in [6.07, 6.45) is 0. The molecule has 0 aliphatic heterocycles. The molecule has 0 fully saturated rings. The molecule has 2 aromatic carbocycles. The normalized spacial score (nSPS) is 11.3. The summed E-state index contributed by atoms with van der Waals surface area (Å²) >= 11 is 0. The summed E-state index contributed by atoms with van der Waals surface area (Å²) in [7, 11) is 0. The van der Waals surface area contributed by atoms with Crippen molar-refractivity contribution in [3.63, 3.8) is 0 Å². The predicted octanol–water partition coefficient (Wildman–Crippen LogP) is 3.55. The molecular formula is C19H24ClFN2O2. The lowest BCUT2D eigenvalue weighted by molar-refractivity contribution is 0.0950. The minimum absolute atomic E-state index is 0. The largest absolute Gasteiger partial charge is 0.489 e. The molecule has 0 saturated heterocycles. The summed E-state index contributed by atoms with van der Waals surface area (Å²) in [6.45, 7) is 5.76. The SMILES string of the molecule is CCN[C@H](C)CNC(=O)c1cccc(COc2cccc(F)c2)c1.Cl. The molecule has 25 heavy (non-hydrogen) atoms. The average Bonchev–Trinajstić information content (AvgIpc) is 2.58. The highest BCUT2D eigenvalue weighted by molar-refractivity contribution is 5.94. The van der Waals surface area contributed by atoms with Gasteiger partial charge in [-0.25, -0.2) is 4.39 Å². The van der Waals surface area contributed by atoms with E-state index in [-0.39, 0.29) is 36.8 Å². The first-order valence-corrected chi connectivity index (χ1v) is 8.07. The van der Waals surface area contributed by atoms with Gasteiger partial charge in [-0.1, -0.05) is 25.1 Å². The van der Waals surface area contributed by atoms with Crippen LogP contribution in [0.3, 0.4) is 0 Å². The number of halogens is 2. The molecule has 0 spiro atoms. The van der Waals surface area contributed by atoms with Crippen LogP contribution in [0.4, 0.5) is 4.39 Å². The molecule has 0 radical (unpaired) electrons. The van der Waals surface area contributed by atoms with Gasteiger partial charge in [0, 0.05) is 24.2 Å². The van der Waals surface area contributed by atoms with Gasteiger partial charge < -0.3 is 15.4 Å². The van der Waals surface area contributed by atoms with Gasteiger partial charge in [0.05, 0.1) is 0 Å². The Labute approximate surface area is 154 Å². The third-order valence-corrected chi connectivity index (χ3v) is 3.51. The molecular weight excluding hydrogens is 343 g/mol. The van der Waals surface area contributed by atoms with Gasteiger partial charge in [0.15, 0.2) is 0 Å². The first kappa shape index (κ1) is 20.9. The van der Waals surface area contributed by atoms with E-state index < -0.39 is 0 Å². The van der Waals surface area contributed by atoms with Crippen LogP contribution >= 0.6 is 12.4 Å². The number of ether oxygens (including phenoxy) is 1. The Bertz CT molecular complexity index is 682. The summed E-state index contributed by atoms with van der Waals surface area (Å²) in [5.74, 6) is 0.00659. The number of carbonyl (C=O) groups excluding carboxylic acids is 1. The van der Waals surface area contributed by atoms with Crippen LogP contribution in [0.2, 0.25) is 0 Å². The number of likely N-dealkylation sites (N-methyl/N-ethyl adjacent to an activating group) is 1. The summed E-state index contributed by atoms with van der Waals surface area (Å²) in [5.41, 5.74) is 1.44. The maximum absolute atomic E-state index is 13.1. The van der Waals surface area contributed by atoms with Gasteiger partial charge in [-0.15, -0.1) is 12.4 Å². The van der Waals surface area contributed by atoms with Crippen molar-refractivity contribution in [3.05, 3.63) is 65.5 Å². The van der Waals surface area contributed by atoms with E-state index in [1.54, 1.807) is 24.3 Å². The average molecular weight is 367 g/mol. The van der Waals surface area contributed by atoms with Crippen molar-refractivity contribution in [1.29, 1.82) is 0 Å². The predicted molar refractivity (Wildman–Crippen MR) is 99.9 cm³/mol.